The number of nitrogens with two attached hydrogens (primary N) is 1. The van der Waals surface area contributed by atoms with E-state index in [1.807, 2.05) is 19.0 Å². The standard InChI is InChI=1S/C18H31N5O/c1-5-18(6-2)12-23(7-8-24-18)16-11-15(13-9-14(19)10-13)20-17(21-16)22(3)4/h11,13-14H,5-10,12,19H2,1-4H3. The van der Waals surface area contributed by atoms with Crippen molar-refractivity contribution in [3.63, 3.8) is 0 Å². The SMILES string of the molecule is CCC1(CC)CN(c2cc(C3CC(N)C3)nc(N(C)C)n2)CCO1. The van der Waals surface area contributed by atoms with Crippen LogP contribution < -0.4 is 15.5 Å². The first-order valence-electron chi connectivity index (χ1n) is 9.17. The number of hydrogen-bond acceptors (Lipinski definition) is 6. The van der Waals surface area contributed by atoms with E-state index in [1.165, 1.54) is 0 Å². The molecule has 2 N–H and O–H groups in total. The molecule has 1 saturated carbocycles. The zero-order valence-corrected chi connectivity index (χ0v) is 15.5. The zero-order valence-electron chi connectivity index (χ0n) is 15.5. The smallest absolute Gasteiger partial charge is 0.227 e. The number of ether oxygens (including phenoxy) is 1. The molecule has 0 radical (unpaired) electrons. The normalized spacial score (nSPS) is 26.1. The van der Waals surface area contributed by atoms with E-state index in [2.05, 4.69) is 24.8 Å². The fourth-order valence-corrected chi connectivity index (χ4v) is 3.63. The van der Waals surface area contributed by atoms with Crippen LogP contribution in [0, 0.1) is 0 Å². The molecule has 1 aliphatic heterocycles. The highest BCUT2D eigenvalue weighted by atomic mass is 16.5. The van der Waals surface area contributed by atoms with Crippen LogP contribution in [0.4, 0.5) is 11.8 Å². The Morgan fingerprint density at radius 2 is 2.00 bits per heavy atom. The second kappa shape index (κ2) is 6.84. The highest BCUT2D eigenvalue weighted by Crippen LogP contribution is 2.37. The Bertz CT molecular complexity index is 567. The molecule has 1 aromatic heterocycles. The molecule has 0 bridgehead atoms. The van der Waals surface area contributed by atoms with Crippen molar-refractivity contribution in [1.29, 1.82) is 0 Å². The molecule has 1 aliphatic carbocycles. The van der Waals surface area contributed by atoms with E-state index in [9.17, 15) is 0 Å². The highest BCUT2D eigenvalue weighted by molar-refractivity contribution is 5.47. The minimum absolute atomic E-state index is 0.0551. The molecule has 2 fully saturated rings. The van der Waals surface area contributed by atoms with Crippen molar-refractivity contribution in [2.24, 2.45) is 5.73 Å². The summed E-state index contributed by atoms with van der Waals surface area (Å²) in [6.07, 6.45) is 4.10. The number of rotatable bonds is 5. The van der Waals surface area contributed by atoms with Gasteiger partial charge >= 0.3 is 0 Å². The minimum Gasteiger partial charge on any atom is -0.371 e. The maximum atomic E-state index is 6.11. The van der Waals surface area contributed by atoms with Crippen molar-refractivity contribution >= 4 is 11.8 Å². The molecule has 1 aromatic rings. The summed E-state index contributed by atoms with van der Waals surface area (Å²) in [5.41, 5.74) is 7.06. The first-order valence-corrected chi connectivity index (χ1v) is 9.17. The van der Waals surface area contributed by atoms with Crippen molar-refractivity contribution < 1.29 is 4.74 Å². The van der Waals surface area contributed by atoms with Crippen molar-refractivity contribution in [1.82, 2.24) is 9.97 Å². The van der Waals surface area contributed by atoms with Crippen LogP contribution in [0.2, 0.25) is 0 Å². The maximum Gasteiger partial charge on any atom is 0.227 e. The molecule has 0 unspecified atom stereocenters. The predicted molar refractivity (Wildman–Crippen MR) is 97.8 cm³/mol. The zero-order chi connectivity index (χ0) is 17.3. The second-order valence-electron chi connectivity index (χ2n) is 7.43. The van der Waals surface area contributed by atoms with Crippen LogP contribution in [0.3, 0.4) is 0 Å². The Balaban J connectivity index is 1.88. The van der Waals surface area contributed by atoms with Crippen molar-refractivity contribution in [3.8, 4) is 0 Å². The molecular weight excluding hydrogens is 302 g/mol. The Hall–Kier alpha value is -1.40. The average molecular weight is 333 g/mol. The second-order valence-corrected chi connectivity index (χ2v) is 7.43. The molecule has 0 atom stereocenters. The summed E-state index contributed by atoms with van der Waals surface area (Å²) < 4.78 is 6.11. The molecule has 6 nitrogen and oxygen atoms in total. The molecule has 0 amide bonds. The summed E-state index contributed by atoms with van der Waals surface area (Å²) in [4.78, 5) is 13.9. The molecule has 24 heavy (non-hydrogen) atoms. The van der Waals surface area contributed by atoms with Crippen LogP contribution >= 0.6 is 0 Å². The molecular formula is C18H31N5O. The summed E-state index contributed by atoms with van der Waals surface area (Å²) in [5, 5.41) is 0. The molecule has 0 aromatic carbocycles. The van der Waals surface area contributed by atoms with Gasteiger partial charge in [0, 0.05) is 45.2 Å². The third-order valence-corrected chi connectivity index (χ3v) is 5.57. The van der Waals surface area contributed by atoms with Gasteiger partial charge in [0.1, 0.15) is 5.82 Å². The number of morpholine rings is 1. The van der Waals surface area contributed by atoms with Gasteiger partial charge in [-0.25, -0.2) is 4.98 Å². The van der Waals surface area contributed by atoms with E-state index in [0.717, 1.165) is 62.8 Å². The van der Waals surface area contributed by atoms with Gasteiger partial charge in [-0.15, -0.1) is 0 Å². The highest BCUT2D eigenvalue weighted by Gasteiger charge is 2.35. The summed E-state index contributed by atoms with van der Waals surface area (Å²) in [6.45, 7) is 6.95. The Labute approximate surface area is 145 Å². The molecule has 6 heteroatoms. The van der Waals surface area contributed by atoms with E-state index in [0.29, 0.717) is 12.0 Å². The Kier molecular flexibility index (Phi) is 4.97. The quantitative estimate of drug-likeness (QED) is 0.890. The third-order valence-electron chi connectivity index (χ3n) is 5.57. The Morgan fingerprint density at radius 3 is 2.58 bits per heavy atom. The number of hydrogen-bond donors (Lipinski definition) is 1. The van der Waals surface area contributed by atoms with E-state index in [-0.39, 0.29) is 5.60 Å². The minimum atomic E-state index is -0.0551. The molecule has 1 saturated heterocycles. The van der Waals surface area contributed by atoms with Gasteiger partial charge in [-0.3, -0.25) is 0 Å². The van der Waals surface area contributed by atoms with Gasteiger partial charge in [0.15, 0.2) is 0 Å². The first-order chi connectivity index (χ1) is 11.5. The third kappa shape index (κ3) is 3.35. The van der Waals surface area contributed by atoms with Gasteiger partial charge in [-0.2, -0.15) is 4.98 Å². The molecule has 134 valence electrons. The van der Waals surface area contributed by atoms with Gasteiger partial charge in [-0.05, 0) is 25.7 Å². The van der Waals surface area contributed by atoms with E-state index in [4.69, 9.17) is 20.4 Å². The summed E-state index contributed by atoms with van der Waals surface area (Å²) in [5.74, 6) is 2.29. The van der Waals surface area contributed by atoms with Crippen molar-refractivity contribution in [3.05, 3.63) is 11.8 Å². The van der Waals surface area contributed by atoms with Gasteiger partial charge in [-0.1, -0.05) is 13.8 Å². The van der Waals surface area contributed by atoms with Crippen LogP contribution in [0.15, 0.2) is 6.07 Å². The van der Waals surface area contributed by atoms with Crippen molar-refractivity contribution in [2.45, 2.75) is 57.1 Å². The van der Waals surface area contributed by atoms with Crippen LogP contribution in [-0.4, -0.2) is 55.4 Å². The van der Waals surface area contributed by atoms with E-state index < -0.39 is 0 Å². The molecule has 0 spiro atoms. The number of anilines is 2. The molecule has 2 heterocycles. The fraction of sp³-hybridized carbons (Fsp3) is 0.778. The van der Waals surface area contributed by atoms with Gasteiger partial charge in [0.25, 0.3) is 0 Å². The van der Waals surface area contributed by atoms with E-state index in [1.54, 1.807) is 0 Å². The average Bonchev–Trinajstić information content (AvgIpc) is 2.58. The molecule has 3 rings (SSSR count). The fourth-order valence-electron chi connectivity index (χ4n) is 3.63. The van der Waals surface area contributed by atoms with Crippen LogP contribution in [-0.2, 0) is 4.74 Å². The summed E-state index contributed by atoms with van der Waals surface area (Å²) in [6, 6.07) is 2.50. The summed E-state index contributed by atoms with van der Waals surface area (Å²) in [7, 11) is 3.99. The lowest BCUT2D eigenvalue weighted by Gasteiger charge is -2.43. The monoisotopic (exact) mass is 333 g/mol. The number of nitrogens with zero attached hydrogens (tertiary/aromatic N) is 4. The molecule has 2 aliphatic rings. The van der Waals surface area contributed by atoms with Gasteiger partial charge in [0.05, 0.1) is 17.9 Å². The van der Waals surface area contributed by atoms with Gasteiger partial charge in [0.2, 0.25) is 5.95 Å². The largest absolute Gasteiger partial charge is 0.371 e. The predicted octanol–water partition coefficient (Wildman–Crippen LogP) is 2.14. The van der Waals surface area contributed by atoms with Gasteiger partial charge < -0.3 is 20.3 Å². The summed E-state index contributed by atoms with van der Waals surface area (Å²) >= 11 is 0. The lowest BCUT2D eigenvalue weighted by Crippen LogP contribution is -2.51. The lowest BCUT2D eigenvalue weighted by atomic mass is 9.78. The Morgan fingerprint density at radius 1 is 1.29 bits per heavy atom. The van der Waals surface area contributed by atoms with Crippen molar-refractivity contribution in [2.75, 3.05) is 43.6 Å². The van der Waals surface area contributed by atoms with Crippen LogP contribution in [0.1, 0.15) is 51.1 Å². The maximum absolute atomic E-state index is 6.11. The first kappa shape index (κ1) is 17.4. The van der Waals surface area contributed by atoms with E-state index >= 15 is 0 Å². The lowest BCUT2D eigenvalue weighted by molar-refractivity contribution is -0.0606. The van der Waals surface area contributed by atoms with Crippen LogP contribution in [0.25, 0.3) is 0 Å². The topological polar surface area (TPSA) is 67.5 Å². The number of aromatic nitrogens is 2. The van der Waals surface area contributed by atoms with Crippen LogP contribution in [0.5, 0.6) is 0 Å².